The Hall–Kier alpha value is -2.83. The number of aromatic hydroxyl groups is 2. The smallest absolute Gasteiger partial charge is 0.274 e. The number of nitrogens with one attached hydrogen (secondary N) is 1. The van der Waals surface area contributed by atoms with E-state index in [2.05, 4.69) is 5.32 Å². The molecule has 0 aliphatic heterocycles. The number of nitro groups is 1. The number of halogens is 1. The third-order valence-corrected chi connectivity index (χ3v) is 2.97. The van der Waals surface area contributed by atoms with Crippen LogP contribution in [0.1, 0.15) is 18.5 Å². The molecule has 1 atom stereocenters. The minimum Gasteiger partial charge on any atom is -0.507 e. The molecule has 1 unspecified atom stereocenters. The molecule has 0 radical (unpaired) electrons. The molecule has 0 heterocycles. The molecule has 0 spiro atoms. The summed E-state index contributed by atoms with van der Waals surface area (Å²) in [6.45, 7) is 1.63. The van der Waals surface area contributed by atoms with Crippen molar-refractivity contribution >= 4 is 11.4 Å². The zero-order valence-corrected chi connectivity index (χ0v) is 11.1. The topological polar surface area (TPSA) is 95.6 Å². The Morgan fingerprint density at radius 1 is 1.24 bits per heavy atom. The average molecular weight is 292 g/mol. The quantitative estimate of drug-likeness (QED) is 0.593. The summed E-state index contributed by atoms with van der Waals surface area (Å²) >= 11 is 0. The number of hydrogen-bond acceptors (Lipinski definition) is 5. The number of phenols is 2. The van der Waals surface area contributed by atoms with Gasteiger partial charge in [0.05, 0.1) is 22.6 Å². The molecule has 0 aromatic heterocycles. The summed E-state index contributed by atoms with van der Waals surface area (Å²) in [7, 11) is 0. The Morgan fingerprint density at radius 3 is 2.43 bits per heavy atom. The van der Waals surface area contributed by atoms with Gasteiger partial charge in [-0.25, -0.2) is 4.39 Å². The monoisotopic (exact) mass is 292 g/mol. The number of hydrogen-bond donors (Lipinski definition) is 3. The van der Waals surface area contributed by atoms with Gasteiger partial charge >= 0.3 is 0 Å². The highest BCUT2D eigenvalue weighted by Crippen LogP contribution is 2.34. The number of phenolic OH excluding ortho intramolecular Hbond substituents is 2. The second kappa shape index (κ2) is 5.66. The maximum absolute atomic E-state index is 13.4. The Bertz CT molecular complexity index is 670. The van der Waals surface area contributed by atoms with E-state index in [0.29, 0.717) is 0 Å². The van der Waals surface area contributed by atoms with E-state index in [1.54, 1.807) is 6.92 Å². The molecular formula is C14H13FN2O4. The van der Waals surface area contributed by atoms with Gasteiger partial charge in [0.2, 0.25) is 0 Å². The lowest BCUT2D eigenvalue weighted by molar-refractivity contribution is -0.385. The average Bonchev–Trinajstić information content (AvgIpc) is 2.37. The Kier molecular flexibility index (Phi) is 3.93. The molecule has 7 heteroatoms. The van der Waals surface area contributed by atoms with Gasteiger partial charge in [0, 0.05) is 11.8 Å². The number of benzene rings is 2. The molecule has 0 bridgehead atoms. The van der Waals surface area contributed by atoms with E-state index < -0.39 is 16.8 Å². The molecule has 0 fully saturated rings. The van der Waals surface area contributed by atoms with Gasteiger partial charge in [-0.05, 0) is 25.1 Å². The van der Waals surface area contributed by atoms with Crippen molar-refractivity contribution in [2.45, 2.75) is 13.0 Å². The Labute approximate surface area is 119 Å². The van der Waals surface area contributed by atoms with Gasteiger partial charge in [0.25, 0.3) is 5.69 Å². The maximum atomic E-state index is 13.4. The molecule has 6 nitrogen and oxygen atoms in total. The summed E-state index contributed by atoms with van der Waals surface area (Å²) in [6.07, 6.45) is 0. The van der Waals surface area contributed by atoms with E-state index >= 15 is 0 Å². The van der Waals surface area contributed by atoms with E-state index in [9.17, 15) is 24.7 Å². The second-order valence-corrected chi connectivity index (χ2v) is 4.53. The first-order valence-electron chi connectivity index (χ1n) is 6.11. The summed E-state index contributed by atoms with van der Waals surface area (Å²) in [6, 6.07) is 6.80. The van der Waals surface area contributed by atoms with Crippen LogP contribution < -0.4 is 5.32 Å². The normalized spacial score (nSPS) is 11.9. The number of nitrogens with zero attached hydrogens (tertiary/aromatic N) is 1. The van der Waals surface area contributed by atoms with Crippen molar-refractivity contribution < 1.29 is 19.5 Å². The zero-order valence-electron chi connectivity index (χ0n) is 11.1. The largest absolute Gasteiger partial charge is 0.507 e. The van der Waals surface area contributed by atoms with Crippen LogP contribution in [0.25, 0.3) is 0 Å². The van der Waals surface area contributed by atoms with Crippen molar-refractivity contribution in [3.8, 4) is 11.5 Å². The number of non-ortho nitro benzene ring substituents is 1. The lowest BCUT2D eigenvalue weighted by Gasteiger charge is -2.18. The first-order chi connectivity index (χ1) is 9.88. The number of rotatable bonds is 4. The standard InChI is InChI=1S/C14H13FN2O4/c1-8(14-12(18)3-2-4-13(14)19)16-10-5-9(15)6-11(7-10)17(20)21/h2-8,16,18-19H,1H3. The van der Waals surface area contributed by atoms with Crippen molar-refractivity contribution in [3.05, 3.63) is 57.9 Å². The van der Waals surface area contributed by atoms with Crippen LogP contribution in [0.3, 0.4) is 0 Å². The minimum atomic E-state index is -0.750. The number of nitro benzene ring substituents is 1. The van der Waals surface area contributed by atoms with Crippen LogP contribution in [0.5, 0.6) is 11.5 Å². The molecule has 21 heavy (non-hydrogen) atoms. The zero-order chi connectivity index (χ0) is 15.6. The van der Waals surface area contributed by atoms with E-state index in [0.717, 1.165) is 12.1 Å². The lowest BCUT2D eigenvalue weighted by atomic mass is 10.1. The SMILES string of the molecule is CC(Nc1cc(F)cc([N+](=O)[O-])c1)c1c(O)cccc1O. The molecular weight excluding hydrogens is 279 g/mol. The van der Waals surface area contributed by atoms with Gasteiger partial charge in [-0.1, -0.05) is 6.07 Å². The van der Waals surface area contributed by atoms with E-state index in [4.69, 9.17) is 0 Å². The summed E-state index contributed by atoms with van der Waals surface area (Å²) in [5.74, 6) is -0.998. The van der Waals surface area contributed by atoms with Crippen molar-refractivity contribution in [1.29, 1.82) is 0 Å². The van der Waals surface area contributed by atoms with Crippen LogP contribution >= 0.6 is 0 Å². The third-order valence-electron chi connectivity index (χ3n) is 2.97. The Morgan fingerprint density at radius 2 is 1.86 bits per heavy atom. The second-order valence-electron chi connectivity index (χ2n) is 4.53. The van der Waals surface area contributed by atoms with Crippen LogP contribution in [0.15, 0.2) is 36.4 Å². The van der Waals surface area contributed by atoms with E-state index in [1.807, 2.05) is 0 Å². The van der Waals surface area contributed by atoms with E-state index in [1.165, 1.54) is 24.3 Å². The summed E-state index contributed by atoms with van der Waals surface area (Å²) in [5.41, 5.74) is 0.0208. The first kappa shape index (κ1) is 14.6. The van der Waals surface area contributed by atoms with Crippen molar-refractivity contribution in [2.24, 2.45) is 0 Å². The van der Waals surface area contributed by atoms with Gasteiger partial charge < -0.3 is 15.5 Å². The molecule has 2 rings (SSSR count). The van der Waals surface area contributed by atoms with Gasteiger partial charge in [-0.15, -0.1) is 0 Å². The molecule has 2 aromatic rings. The molecule has 0 aliphatic rings. The molecule has 0 amide bonds. The summed E-state index contributed by atoms with van der Waals surface area (Å²) in [4.78, 5) is 10.0. The Balaban J connectivity index is 2.31. The number of anilines is 1. The molecule has 2 aromatic carbocycles. The molecule has 0 saturated heterocycles. The van der Waals surface area contributed by atoms with Crippen LogP contribution in [0, 0.1) is 15.9 Å². The fraction of sp³-hybridized carbons (Fsp3) is 0.143. The van der Waals surface area contributed by atoms with Crippen LogP contribution in [0.2, 0.25) is 0 Å². The van der Waals surface area contributed by atoms with Crippen LogP contribution in [-0.4, -0.2) is 15.1 Å². The highest BCUT2D eigenvalue weighted by Gasteiger charge is 2.17. The maximum Gasteiger partial charge on any atom is 0.274 e. The van der Waals surface area contributed by atoms with Crippen LogP contribution in [-0.2, 0) is 0 Å². The highest BCUT2D eigenvalue weighted by atomic mass is 19.1. The highest BCUT2D eigenvalue weighted by molar-refractivity contribution is 5.55. The van der Waals surface area contributed by atoms with Gasteiger partial charge in [0.1, 0.15) is 17.3 Å². The van der Waals surface area contributed by atoms with E-state index in [-0.39, 0.29) is 28.4 Å². The van der Waals surface area contributed by atoms with Crippen molar-refractivity contribution in [3.63, 3.8) is 0 Å². The fourth-order valence-electron chi connectivity index (χ4n) is 2.07. The van der Waals surface area contributed by atoms with Gasteiger partial charge in [-0.2, -0.15) is 0 Å². The molecule has 0 saturated carbocycles. The van der Waals surface area contributed by atoms with Gasteiger partial charge in [0.15, 0.2) is 0 Å². The van der Waals surface area contributed by atoms with Crippen LogP contribution in [0.4, 0.5) is 15.8 Å². The first-order valence-corrected chi connectivity index (χ1v) is 6.11. The summed E-state index contributed by atoms with van der Waals surface area (Å²) in [5, 5.41) is 33.0. The predicted octanol–water partition coefficient (Wildman–Crippen LogP) is 3.32. The summed E-state index contributed by atoms with van der Waals surface area (Å²) < 4.78 is 13.4. The van der Waals surface area contributed by atoms with Crippen molar-refractivity contribution in [1.82, 2.24) is 0 Å². The molecule has 0 aliphatic carbocycles. The van der Waals surface area contributed by atoms with Crippen molar-refractivity contribution in [2.75, 3.05) is 5.32 Å². The lowest BCUT2D eigenvalue weighted by Crippen LogP contribution is -2.07. The fourth-order valence-corrected chi connectivity index (χ4v) is 2.07. The third kappa shape index (κ3) is 3.19. The molecule has 3 N–H and O–H groups in total. The molecule has 110 valence electrons. The minimum absolute atomic E-state index is 0.124. The van der Waals surface area contributed by atoms with Gasteiger partial charge in [-0.3, -0.25) is 10.1 Å². The predicted molar refractivity (Wildman–Crippen MR) is 74.9 cm³/mol.